The van der Waals surface area contributed by atoms with Crippen LogP contribution in [-0.4, -0.2) is 67.0 Å². The SMILES string of the molecule is CCN1CCN(c2cc(C)c3cc(NC(=S)NC[C@@H]4CCCO4)ccc3n2)CC1. The summed E-state index contributed by atoms with van der Waals surface area (Å²) in [5.41, 5.74) is 3.25. The molecule has 0 unspecified atom stereocenters. The van der Waals surface area contributed by atoms with Crippen LogP contribution in [-0.2, 0) is 4.74 Å². The van der Waals surface area contributed by atoms with E-state index in [0.29, 0.717) is 5.11 Å². The summed E-state index contributed by atoms with van der Waals surface area (Å²) < 4.78 is 5.64. The summed E-state index contributed by atoms with van der Waals surface area (Å²) in [6.07, 6.45) is 2.52. The number of piperazine rings is 1. The van der Waals surface area contributed by atoms with Gasteiger partial charge < -0.3 is 25.2 Å². The lowest BCUT2D eigenvalue weighted by molar-refractivity contribution is 0.114. The monoisotopic (exact) mass is 413 g/mol. The van der Waals surface area contributed by atoms with E-state index in [0.717, 1.165) is 81.1 Å². The number of thiocarbonyl (C=S) groups is 1. The molecule has 0 aliphatic carbocycles. The third-order valence-corrected chi connectivity index (χ3v) is 6.16. The first kappa shape index (κ1) is 20.3. The number of pyridine rings is 1. The van der Waals surface area contributed by atoms with Crippen LogP contribution in [0.2, 0.25) is 0 Å². The summed E-state index contributed by atoms with van der Waals surface area (Å²) in [6.45, 7) is 11.4. The Labute approximate surface area is 178 Å². The lowest BCUT2D eigenvalue weighted by Crippen LogP contribution is -2.46. The van der Waals surface area contributed by atoms with Crippen molar-refractivity contribution in [2.24, 2.45) is 0 Å². The van der Waals surface area contributed by atoms with Gasteiger partial charge in [0.25, 0.3) is 0 Å². The van der Waals surface area contributed by atoms with Gasteiger partial charge in [-0.25, -0.2) is 4.98 Å². The normalized spacial score (nSPS) is 20.2. The Kier molecular flexibility index (Phi) is 6.47. The van der Waals surface area contributed by atoms with Crippen LogP contribution in [0.4, 0.5) is 11.5 Å². The van der Waals surface area contributed by atoms with Gasteiger partial charge in [-0.15, -0.1) is 0 Å². The molecule has 0 bridgehead atoms. The molecule has 2 aromatic rings. The van der Waals surface area contributed by atoms with Gasteiger partial charge in [0.1, 0.15) is 5.82 Å². The molecule has 7 heteroatoms. The van der Waals surface area contributed by atoms with Crippen molar-refractivity contribution in [2.45, 2.75) is 32.8 Å². The molecule has 29 heavy (non-hydrogen) atoms. The Balaban J connectivity index is 1.42. The highest BCUT2D eigenvalue weighted by atomic mass is 32.1. The minimum atomic E-state index is 0.274. The van der Waals surface area contributed by atoms with E-state index in [9.17, 15) is 0 Å². The van der Waals surface area contributed by atoms with E-state index in [-0.39, 0.29) is 6.10 Å². The molecule has 1 atom stereocenters. The minimum absolute atomic E-state index is 0.274. The second-order valence-electron chi connectivity index (χ2n) is 7.92. The molecule has 2 aliphatic rings. The quantitative estimate of drug-likeness (QED) is 0.730. The number of hydrogen-bond donors (Lipinski definition) is 2. The second-order valence-corrected chi connectivity index (χ2v) is 8.33. The van der Waals surface area contributed by atoms with Crippen molar-refractivity contribution < 1.29 is 4.74 Å². The Morgan fingerprint density at radius 1 is 1.24 bits per heavy atom. The van der Waals surface area contributed by atoms with Crippen molar-refractivity contribution in [3.05, 3.63) is 29.8 Å². The highest BCUT2D eigenvalue weighted by Crippen LogP contribution is 2.26. The van der Waals surface area contributed by atoms with Crippen LogP contribution < -0.4 is 15.5 Å². The summed E-state index contributed by atoms with van der Waals surface area (Å²) in [4.78, 5) is 9.82. The van der Waals surface area contributed by atoms with Gasteiger partial charge in [-0.05, 0) is 68.4 Å². The van der Waals surface area contributed by atoms with Crippen LogP contribution in [0, 0.1) is 6.92 Å². The number of ether oxygens (including phenoxy) is 1. The van der Waals surface area contributed by atoms with Crippen molar-refractivity contribution >= 4 is 39.7 Å². The lowest BCUT2D eigenvalue weighted by Gasteiger charge is -2.35. The third-order valence-electron chi connectivity index (χ3n) is 5.92. The predicted molar refractivity (Wildman–Crippen MR) is 124 cm³/mol. The minimum Gasteiger partial charge on any atom is -0.376 e. The Morgan fingerprint density at radius 2 is 2.07 bits per heavy atom. The van der Waals surface area contributed by atoms with Crippen LogP contribution >= 0.6 is 12.2 Å². The highest BCUT2D eigenvalue weighted by Gasteiger charge is 2.18. The Morgan fingerprint density at radius 3 is 2.79 bits per heavy atom. The van der Waals surface area contributed by atoms with Gasteiger partial charge in [0.15, 0.2) is 5.11 Å². The van der Waals surface area contributed by atoms with Gasteiger partial charge in [-0.2, -0.15) is 0 Å². The lowest BCUT2D eigenvalue weighted by atomic mass is 10.1. The van der Waals surface area contributed by atoms with E-state index in [1.54, 1.807) is 0 Å². The summed E-state index contributed by atoms with van der Waals surface area (Å²) in [6, 6.07) is 8.48. The summed E-state index contributed by atoms with van der Waals surface area (Å²) in [7, 11) is 0. The van der Waals surface area contributed by atoms with E-state index >= 15 is 0 Å². The maximum atomic E-state index is 5.64. The number of nitrogens with one attached hydrogen (secondary N) is 2. The van der Waals surface area contributed by atoms with Gasteiger partial charge in [-0.1, -0.05) is 6.92 Å². The number of anilines is 2. The molecule has 0 amide bonds. The maximum Gasteiger partial charge on any atom is 0.170 e. The number of hydrogen-bond acceptors (Lipinski definition) is 5. The molecule has 156 valence electrons. The molecular formula is C22H31N5OS. The van der Waals surface area contributed by atoms with Crippen molar-refractivity contribution in [2.75, 3.05) is 56.1 Å². The van der Waals surface area contributed by atoms with Gasteiger partial charge in [0.2, 0.25) is 0 Å². The fraction of sp³-hybridized carbons (Fsp3) is 0.545. The zero-order valence-electron chi connectivity index (χ0n) is 17.4. The number of likely N-dealkylation sites (N-methyl/N-ethyl adjacent to an activating group) is 1. The molecule has 1 aromatic carbocycles. The first-order chi connectivity index (χ1) is 14.1. The Bertz CT molecular complexity index is 860. The molecule has 0 radical (unpaired) electrons. The van der Waals surface area contributed by atoms with Gasteiger partial charge >= 0.3 is 0 Å². The predicted octanol–water partition coefficient (Wildman–Crippen LogP) is 3.15. The van der Waals surface area contributed by atoms with Crippen LogP contribution in [0.3, 0.4) is 0 Å². The van der Waals surface area contributed by atoms with Crippen LogP contribution in [0.1, 0.15) is 25.3 Å². The molecule has 0 spiro atoms. The first-order valence-corrected chi connectivity index (χ1v) is 11.1. The van der Waals surface area contributed by atoms with Crippen molar-refractivity contribution in [3.63, 3.8) is 0 Å². The number of benzene rings is 1. The third kappa shape index (κ3) is 4.97. The van der Waals surface area contributed by atoms with E-state index in [1.165, 1.54) is 5.56 Å². The van der Waals surface area contributed by atoms with E-state index in [4.69, 9.17) is 21.9 Å². The Hall–Kier alpha value is -1.96. The summed E-state index contributed by atoms with van der Waals surface area (Å²) in [5, 5.41) is 8.36. The molecule has 2 saturated heterocycles. The zero-order valence-corrected chi connectivity index (χ0v) is 18.2. The molecule has 3 heterocycles. The van der Waals surface area contributed by atoms with Gasteiger partial charge in [0.05, 0.1) is 11.6 Å². The van der Waals surface area contributed by atoms with Crippen LogP contribution in [0.25, 0.3) is 10.9 Å². The van der Waals surface area contributed by atoms with E-state index in [2.05, 4.69) is 52.5 Å². The molecular weight excluding hydrogens is 382 g/mol. The summed E-state index contributed by atoms with van der Waals surface area (Å²) in [5.74, 6) is 1.08. The molecule has 0 saturated carbocycles. The number of fused-ring (bicyclic) bond motifs is 1. The fourth-order valence-electron chi connectivity index (χ4n) is 4.10. The van der Waals surface area contributed by atoms with Gasteiger partial charge in [0, 0.05) is 50.4 Å². The molecule has 2 N–H and O–H groups in total. The number of rotatable bonds is 5. The topological polar surface area (TPSA) is 52.7 Å². The van der Waals surface area contributed by atoms with Crippen LogP contribution in [0.15, 0.2) is 24.3 Å². The second kappa shape index (κ2) is 9.24. The molecule has 2 aliphatic heterocycles. The molecule has 4 rings (SSSR count). The van der Waals surface area contributed by atoms with E-state index < -0.39 is 0 Å². The molecule has 2 fully saturated rings. The number of aromatic nitrogens is 1. The van der Waals surface area contributed by atoms with Crippen molar-refractivity contribution in [1.82, 2.24) is 15.2 Å². The first-order valence-electron chi connectivity index (χ1n) is 10.7. The smallest absolute Gasteiger partial charge is 0.170 e. The molecule has 6 nitrogen and oxygen atoms in total. The average Bonchev–Trinajstić information content (AvgIpc) is 3.26. The number of aryl methyl sites for hydroxylation is 1. The number of nitrogens with zero attached hydrogens (tertiary/aromatic N) is 3. The largest absolute Gasteiger partial charge is 0.376 e. The maximum absolute atomic E-state index is 5.64. The standard InChI is InChI=1S/C22H31N5OS/c1-3-26-8-10-27(11-9-26)21-13-16(2)19-14-17(6-7-20(19)25-21)24-22(29)23-15-18-5-4-12-28-18/h6-7,13-14,18H,3-5,8-12,15H2,1-2H3,(H2,23,24,29)/t18-/m0/s1. The van der Waals surface area contributed by atoms with E-state index in [1.807, 2.05) is 6.07 Å². The van der Waals surface area contributed by atoms with Crippen molar-refractivity contribution in [1.29, 1.82) is 0 Å². The average molecular weight is 414 g/mol. The summed E-state index contributed by atoms with van der Waals surface area (Å²) >= 11 is 5.45. The fourth-order valence-corrected chi connectivity index (χ4v) is 4.30. The van der Waals surface area contributed by atoms with Crippen molar-refractivity contribution in [3.8, 4) is 0 Å². The highest BCUT2D eigenvalue weighted by molar-refractivity contribution is 7.80. The molecule has 1 aromatic heterocycles. The van der Waals surface area contributed by atoms with Crippen LogP contribution in [0.5, 0.6) is 0 Å². The zero-order chi connectivity index (χ0) is 20.2. The van der Waals surface area contributed by atoms with Gasteiger partial charge in [-0.3, -0.25) is 0 Å².